The zero-order chi connectivity index (χ0) is 22.9. The zero-order valence-electron chi connectivity index (χ0n) is 17.3. The third kappa shape index (κ3) is 8.18. The molecule has 170 valence electrons. The Hall–Kier alpha value is -2.65. The number of ether oxygens (including phenoxy) is 1. The average Bonchev–Trinajstić information content (AvgIpc) is 3.15. The van der Waals surface area contributed by atoms with Crippen molar-refractivity contribution in [1.82, 2.24) is 9.88 Å². The van der Waals surface area contributed by atoms with Crippen molar-refractivity contribution in [3.05, 3.63) is 48.3 Å². The summed E-state index contributed by atoms with van der Waals surface area (Å²) in [5, 5.41) is 16.1. The Kier molecular flexibility index (Phi) is 9.26. The zero-order valence-corrected chi connectivity index (χ0v) is 17.3. The van der Waals surface area contributed by atoms with Crippen molar-refractivity contribution in [2.24, 2.45) is 0 Å². The van der Waals surface area contributed by atoms with Crippen molar-refractivity contribution in [2.45, 2.75) is 37.9 Å². The number of carboxylic acids is 1. The summed E-state index contributed by atoms with van der Waals surface area (Å²) in [6.45, 7) is 2.11. The number of likely N-dealkylation sites (tertiary alicyclic amines) is 1. The molecule has 0 amide bonds. The SMILES string of the molecule is CN1CCC[C@H]1COc1cncc(-c2cccc(CCCO)c2)c1.O=C(O)C(F)(F)F. The number of hydrogen-bond donors (Lipinski definition) is 2. The molecule has 31 heavy (non-hydrogen) atoms. The summed E-state index contributed by atoms with van der Waals surface area (Å²) in [6, 6.07) is 11.0. The number of aliphatic hydroxyl groups is 1. The van der Waals surface area contributed by atoms with E-state index in [1.54, 1.807) is 6.20 Å². The largest absolute Gasteiger partial charge is 0.490 e. The number of hydrogen-bond acceptors (Lipinski definition) is 5. The molecule has 9 heteroatoms. The van der Waals surface area contributed by atoms with Crippen LogP contribution in [0.3, 0.4) is 0 Å². The predicted octanol–water partition coefficient (Wildman–Crippen LogP) is 3.78. The Bertz CT molecular complexity index is 846. The molecule has 0 bridgehead atoms. The second kappa shape index (κ2) is 11.7. The van der Waals surface area contributed by atoms with Crippen LogP contribution in [0.15, 0.2) is 42.7 Å². The third-order valence-electron chi connectivity index (χ3n) is 4.95. The number of rotatable bonds is 7. The van der Waals surface area contributed by atoms with Crippen molar-refractivity contribution < 1.29 is 32.9 Å². The Labute approximate surface area is 179 Å². The minimum absolute atomic E-state index is 0.227. The van der Waals surface area contributed by atoms with Crippen LogP contribution >= 0.6 is 0 Å². The number of aromatic nitrogens is 1. The number of aryl methyl sites for hydroxylation is 1. The smallest absolute Gasteiger partial charge is 0.490 e. The van der Waals surface area contributed by atoms with Gasteiger partial charge in [0.2, 0.25) is 0 Å². The van der Waals surface area contributed by atoms with Gasteiger partial charge in [-0.05, 0) is 56.5 Å². The van der Waals surface area contributed by atoms with Crippen LogP contribution in [0.1, 0.15) is 24.8 Å². The van der Waals surface area contributed by atoms with Crippen LogP contribution in [0.25, 0.3) is 11.1 Å². The van der Waals surface area contributed by atoms with Gasteiger partial charge in [-0.2, -0.15) is 13.2 Å². The van der Waals surface area contributed by atoms with E-state index in [-0.39, 0.29) is 6.61 Å². The number of alkyl halides is 3. The molecule has 1 aliphatic heterocycles. The first kappa shape index (κ1) is 24.6. The first-order valence-corrected chi connectivity index (χ1v) is 9.99. The van der Waals surface area contributed by atoms with E-state index in [2.05, 4.69) is 47.3 Å². The molecule has 2 aromatic rings. The van der Waals surface area contributed by atoms with E-state index in [0.717, 1.165) is 42.9 Å². The summed E-state index contributed by atoms with van der Waals surface area (Å²) in [5.41, 5.74) is 3.44. The highest BCUT2D eigenvalue weighted by Crippen LogP contribution is 2.25. The van der Waals surface area contributed by atoms with E-state index in [1.807, 2.05) is 6.20 Å². The van der Waals surface area contributed by atoms with Crippen LogP contribution in [-0.4, -0.2) is 65.1 Å². The molecule has 0 aliphatic carbocycles. The summed E-state index contributed by atoms with van der Waals surface area (Å²) in [7, 11) is 2.16. The van der Waals surface area contributed by atoms with Gasteiger partial charge in [0.05, 0.1) is 6.20 Å². The Morgan fingerprint density at radius 2 is 2.00 bits per heavy atom. The van der Waals surface area contributed by atoms with Gasteiger partial charge in [0.1, 0.15) is 12.4 Å². The Morgan fingerprint density at radius 3 is 2.61 bits per heavy atom. The summed E-state index contributed by atoms with van der Waals surface area (Å²) in [5.74, 6) is -1.93. The second-order valence-electron chi connectivity index (χ2n) is 7.33. The van der Waals surface area contributed by atoms with Crippen LogP contribution in [0.5, 0.6) is 5.75 Å². The molecule has 3 rings (SSSR count). The molecular formula is C22H27F3N2O4. The lowest BCUT2D eigenvalue weighted by Gasteiger charge is -2.19. The lowest BCUT2D eigenvalue weighted by molar-refractivity contribution is -0.192. The van der Waals surface area contributed by atoms with Crippen molar-refractivity contribution in [3.63, 3.8) is 0 Å². The van der Waals surface area contributed by atoms with E-state index in [9.17, 15) is 13.2 Å². The van der Waals surface area contributed by atoms with Crippen molar-refractivity contribution >= 4 is 5.97 Å². The van der Waals surface area contributed by atoms with Crippen LogP contribution in [0, 0.1) is 0 Å². The maximum absolute atomic E-state index is 10.6. The normalized spacial score (nSPS) is 16.5. The Morgan fingerprint density at radius 1 is 1.26 bits per heavy atom. The number of pyridine rings is 1. The number of carbonyl (C=O) groups is 1. The monoisotopic (exact) mass is 440 g/mol. The standard InChI is InChI=1S/C20H26N2O2.C2HF3O2/c1-22-9-3-8-19(22)15-24-20-12-18(13-21-14-20)17-7-2-5-16(11-17)6-4-10-23;3-2(4,5)1(6)7/h2,5,7,11-14,19,23H,3-4,6,8-10,15H2,1H3;(H,6,7)/t19-;/m0./s1. The van der Waals surface area contributed by atoms with Gasteiger partial charge in [-0.25, -0.2) is 4.79 Å². The number of carboxylic acid groups (broad SMARTS) is 1. The van der Waals surface area contributed by atoms with Crippen LogP contribution in [-0.2, 0) is 11.2 Å². The van der Waals surface area contributed by atoms with Crippen LogP contribution < -0.4 is 4.74 Å². The molecule has 1 saturated heterocycles. The van der Waals surface area contributed by atoms with Gasteiger partial charge in [0.15, 0.2) is 0 Å². The highest BCUT2D eigenvalue weighted by Gasteiger charge is 2.38. The van der Waals surface area contributed by atoms with E-state index in [4.69, 9.17) is 19.7 Å². The summed E-state index contributed by atoms with van der Waals surface area (Å²) >= 11 is 0. The fraction of sp³-hybridized carbons (Fsp3) is 0.455. The van der Waals surface area contributed by atoms with Gasteiger partial charge in [-0.1, -0.05) is 24.3 Å². The van der Waals surface area contributed by atoms with Crippen LogP contribution in [0.2, 0.25) is 0 Å². The molecular weight excluding hydrogens is 413 g/mol. The molecule has 2 heterocycles. The fourth-order valence-corrected chi connectivity index (χ4v) is 3.23. The van der Waals surface area contributed by atoms with Gasteiger partial charge in [0.25, 0.3) is 0 Å². The number of aliphatic hydroxyl groups excluding tert-OH is 1. The second-order valence-corrected chi connectivity index (χ2v) is 7.33. The van der Waals surface area contributed by atoms with Crippen LogP contribution in [0.4, 0.5) is 13.2 Å². The number of benzene rings is 1. The number of nitrogens with zero attached hydrogens (tertiary/aromatic N) is 2. The summed E-state index contributed by atoms with van der Waals surface area (Å²) in [6.07, 6.45) is 2.72. The highest BCUT2D eigenvalue weighted by molar-refractivity contribution is 5.73. The number of halogens is 3. The molecule has 1 fully saturated rings. The molecule has 1 aromatic heterocycles. The maximum Gasteiger partial charge on any atom is 0.490 e. The lowest BCUT2D eigenvalue weighted by atomic mass is 10.0. The molecule has 0 unspecified atom stereocenters. The van der Waals surface area contributed by atoms with Gasteiger partial charge < -0.3 is 19.8 Å². The van der Waals surface area contributed by atoms with E-state index in [0.29, 0.717) is 6.04 Å². The Balaban J connectivity index is 0.000000423. The van der Waals surface area contributed by atoms with Crippen molar-refractivity contribution in [2.75, 3.05) is 26.8 Å². The van der Waals surface area contributed by atoms with Gasteiger partial charge in [0, 0.05) is 24.4 Å². The first-order chi connectivity index (χ1) is 14.7. The predicted molar refractivity (Wildman–Crippen MR) is 110 cm³/mol. The molecule has 0 radical (unpaired) electrons. The van der Waals surface area contributed by atoms with Gasteiger partial charge in [-0.15, -0.1) is 0 Å². The summed E-state index contributed by atoms with van der Waals surface area (Å²) < 4.78 is 37.7. The highest BCUT2D eigenvalue weighted by atomic mass is 19.4. The van der Waals surface area contributed by atoms with Crippen molar-refractivity contribution in [1.29, 1.82) is 0 Å². The van der Waals surface area contributed by atoms with Gasteiger partial charge in [-0.3, -0.25) is 4.98 Å². The van der Waals surface area contributed by atoms with E-state index < -0.39 is 12.1 Å². The summed E-state index contributed by atoms with van der Waals surface area (Å²) in [4.78, 5) is 15.6. The average molecular weight is 440 g/mol. The topological polar surface area (TPSA) is 82.9 Å². The molecule has 0 spiro atoms. The fourth-order valence-electron chi connectivity index (χ4n) is 3.23. The minimum Gasteiger partial charge on any atom is -0.490 e. The first-order valence-electron chi connectivity index (χ1n) is 9.99. The van der Waals surface area contributed by atoms with Gasteiger partial charge >= 0.3 is 12.1 Å². The minimum atomic E-state index is -5.08. The number of likely N-dealkylation sites (N-methyl/N-ethyl adjacent to an activating group) is 1. The molecule has 1 aliphatic rings. The van der Waals surface area contributed by atoms with E-state index in [1.165, 1.54) is 18.4 Å². The molecule has 2 N–H and O–H groups in total. The third-order valence-corrected chi connectivity index (χ3v) is 4.95. The van der Waals surface area contributed by atoms with E-state index >= 15 is 0 Å². The quantitative estimate of drug-likeness (QED) is 0.682. The number of aliphatic carboxylic acids is 1. The molecule has 0 saturated carbocycles. The molecule has 1 aromatic carbocycles. The maximum atomic E-state index is 10.6. The van der Waals surface area contributed by atoms with Crippen molar-refractivity contribution in [3.8, 4) is 16.9 Å². The molecule has 6 nitrogen and oxygen atoms in total. The lowest BCUT2D eigenvalue weighted by Crippen LogP contribution is -2.30. The molecule has 1 atom stereocenters.